The van der Waals surface area contributed by atoms with Gasteiger partial charge in [-0.1, -0.05) is 23.9 Å². The van der Waals surface area contributed by atoms with E-state index in [1.807, 2.05) is 18.2 Å². The van der Waals surface area contributed by atoms with Gasteiger partial charge in [-0.25, -0.2) is 4.98 Å². The van der Waals surface area contributed by atoms with E-state index in [2.05, 4.69) is 37.7 Å². The average Bonchev–Trinajstić information content (AvgIpc) is 3.13. The predicted molar refractivity (Wildman–Crippen MR) is 83.3 cm³/mol. The maximum atomic E-state index is 4.60. The number of H-pyrrole nitrogens is 1. The van der Waals surface area contributed by atoms with Gasteiger partial charge in [-0.3, -0.25) is 0 Å². The summed E-state index contributed by atoms with van der Waals surface area (Å²) in [6.45, 7) is 3.09. The standard InChI is InChI=1S/C15H17N5S/c1-2-20-14(10-7-8-10)18-19-15(20)21-9-13-16-11-5-3-4-6-12(11)17-13/h3-6,10H,2,7-9H2,1H3,(H,16,17). The van der Waals surface area contributed by atoms with Crippen LogP contribution in [0.2, 0.25) is 0 Å². The molecule has 0 atom stereocenters. The van der Waals surface area contributed by atoms with Crippen LogP contribution in [0.15, 0.2) is 29.4 Å². The first-order valence-corrected chi connectivity index (χ1v) is 8.33. The lowest BCUT2D eigenvalue weighted by molar-refractivity contribution is 0.643. The number of hydrogen-bond acceptors (Lipinski definition) is 4. The highest BCUT2D eigenvalue weighted by atomic mass is 32.2. The van der Waals surface area contributed by atoms with Gasteiger partial charge in [0.25, 0.3) is 0 Å². The Balaban J connectivity index is 1.53. The highest BCUT2D eigenvalue weighted by molar-refractivity contribution is 7.98. The number of aromatic amines is 1. The van der Waals surface area contributed by atoms with Crippen molar-refractivity contribution in [3.63, 3.8) is 0 Å². The number of fused-ring (bicyclic) bond motifs is 1. The van der Waals surface area contributed by atoms with Crippen molar-refractivity contribution < 1.29 is 0 Å². The van der Waals surface area contributed by atoms with Gasteiger partial charge in [-0.2, -0.15) is 0 Å². The van der Waals surface area contributed by atoms with Crippen molar-refractivity contribution in [1.82, 2.24) is 24.7 Å². The van der Waals surface area contributed by atoms with Crippen molar-refractivity contribution >= 4 is 22.8 Å². The Morgan fingerprint density at radius 3 is 2.90 bits per heavy atom. The molecule has 0 unspecified atom stereocenters. The van der Waals surface area contributed by atoms with Gasteiger partial charge in [0.15, 0.2) is 5.16 Å². The Kier molecular flexibility index (Phi) is 3.18. The van der Waals surface area contributed by atoms with E-state index in [9.17, 15) is 0 Å². The highest BCUT2D eigenvalue weighted by Gasteiger charge is 2.29. The summed E-state index contributed by atoms with van der Waals surface area (Å²) in [6.07, 6.45) is 2.51. The molecule has 1 aromatic carbocycles. The molecule has 6 heteroatoms. The summed E-state index contributed by atoms with van der Waals surface area (Å²) >= 11 is 1.70. The fraction of sp³-hybridized carbons (Fsp3) is 0.400. The minimum absolute atomic E-state index is 0.637. The fourth-order valence-corrected chi connectivity index (χ4v) is 3.43. The number of hydrogen-bond donors (Lipinski definition) is 1. The molecule has 1 aliphatic carbocycles. The summed E-state index contributed by atoms with van der Waals surface area (Å²) in [4.78, 5) is 7.96. The SMILES string of the molecule is CCn1c(SCc2nc3ccccc3[nH]2)nnc1C1CC1. The van der Waals surface area contributed by atoms with Crippen LogP contribution < -0.4 is 0 Å². The summed E-state index contributed by atoms with van der Waals surface area (Å²) in [5, 5.41) is 9.72. The number of nitrogens with zero attached hydrogens (tertiary/aromatic N) is 4. The Labute approximate surface area is 127 Å². The smallest absolute Gasteiger partial charge is 0.191 e. The number of imidazole rings is 1. The van der Waals surface area contributed by atoms with E-state index in [0.717, 1.165) is 40.1 Å². The first-order chi connectivity index (χ1) is 10.3. The Morgan fingerprint density at radius 1 is 1.29 bits per heavy atom. The van der Waals surface area contributed by atoms with Crippen LogP contribution in [-0.2, 0) is 12.3 Å². The second-order valence-corrected chi connectivity index (χ2v) is 6.29. The maximum absolute atomic E-state index is 4.60. The van der Waals surface area contributed by atoms with Crippen molar-refractivity contribution in [3.05, 3.63) is 35.9 Å². The van der Waals surface area contributed by atoms with Crippen LogP contribution in [0.25, 0.3) is 11.0 Å². The largest absolute Gasteiger partial charge is 0.341 e. The molecule has 2 heterocycles. The third-order valence-corrected chi connectivity index (χ3v) is 4.76. The van der Waals surface area contributed by atoms with Gasteiger partial charge in [0.2, 0.25) is 0 Å². The molecule has 3 aromatic rings. The van der Waals surface area contributed by atoms with Crippen molar-refractivity contribution in [1.29, 1.82) is 0 Å². The molecule has 1 N–H and O–H groups in total. The van der Waals surface area contributed by atoms with Crippen LogP contribution in [-0.4, -0.2) is 24.7 Å². The zero-order valence-corrected chi connectivity index (χ0v) is 12.7. The van der Waals surface area contributed by atoms with Gasteiger partial charge >= 0.3 is 0 Å². The third kappa shape index (κ3) is 2.44. The summed E-state index contributed by atoms with van der Waals surface area (Å²) in [5.74, 6) is 3.57. The molecular formula is C15H17N5S. The minimum atomic E-state index is 0.637. The molecular weight excluding hydrogens is 282 g/mol. The Hall–Kier alpha value is -1.82. The first-order valence-electron chi connectivity index (χ1n) is 7.34. The molecule has 0 aliphatic heterocycles. The summed E-state index contributed by atoms with van der Waals surface area (Å²) in [5.41, 5.74) is 2.10. The van der Waals surface area contributed by atoms with Gasteiger partial charge in [0.05, 0.1) is 16.8 Å². The van der Waals surface area contributed by atoms with E-state index in [4.69, 9.17) is 0 Å². The Bertz CT molecular complexity index is 738. The van der Waals surface area contributed by atoms with Crippen LogP contribution >= 0.6 is 11.8 Å². The third-order valence-electron chi connectivity index (χ3n) is 3.78. The van der Waals surface area contributed by atoms with Crippen LogP contribution in [0.1, 0.15) is 37.3 Å². The van der Waals surface area contributed by atoms with Crippen molar-refractivity contribution in [3.8, 4) is 0 Å². The molecule has 4 rings (SSSR count). The Morgan fingerprint density at radius 2 is 2.14 bits per heavy atom. The summed E-state index contributed by atoms with van der Waals surface area (Å²) < 4.78 is 2.24. The zero-order valence-electron chi connectivity index (χ0n) is 11.9. The molecule has 1 fully saturated rings. The molecule has 21 heavy (non-hydrogen) atoms. The van der Waals surface area contributed by atoms with Gasteiger partial charge < -0.3 is 9.55 Å². The lowest BCUT2D eigenvalue weighted by atomic mass is 10.3. The van der Waals surface area contributed by atoms with Gasteiger partial charge in [0, 0.05) is 12.5 Å². The summed E-state index contributed by atoms with van der Waals surface area (Å²) in [6, 6.07) is 8.11. The molecule has 0 spiro atoms. The number of nitrogens with one attached hydrogen (secondary N) is 1. The molecule has 5 nitrogen and oxygen atoms in total. The van der Waals surface area contributed by atoms with Crippen LogP contribution in [0.3, 0.4) is 0 Å². The molecule has 0 radical (unpaired) electrons. The molecule has 1 saturated carbocycles. The molecule has 0 bridgehead atoms. The van der Waals surface area contributed by atoms with E-state index in [-0.39, 0.29) is 0 Å². The summed E-state index contributed by atoms with van der Waals surface area (Å²) in [7, 11) is 0. The van der Waals surface area contributed by atoms with E-state index >= 15 is 0 Å². The highest BCUT2D eigenvalue weighted by Crippen LogP contribution is 2.40. The number of para-hydroxylation sites is 2. The topological polar surface area (TPSA) is 59.4 Å². The van der Waals surface area contributed by atoms with E-state index < -0.39 is 0 Å². The fourth-order valence-electron chi connectivity index (χ4n) is 2.55. The van der Waals surface area contributed by atoms with E-state index in [0.29, 0.717) is 5.92 Å². The van der Waals surface area contributed by atoms with Crippen molar-refractivity contribution in [2.45, 2.75) is 43.1 Å². The number of thioether (sulfide) groups is 1. The second kappa shape index (κ2) is 5.18. The van der Waals surface area contributed by atoms with E-state index in [1.165, 1.54) is 12.8 Å². The molecule has 1 aliphatic rings. The second-order valence-electron chi connectivity index (χ2n) is 5.35. The predicted octanol–water partition coefficient (Wildman–Crippen LogP) is 3.34. The van der Waals surface area contributed by atoms with Gasteiger partial charge in [-0.05, 0) is 31.9 Å². The van der Waals surface area contributed by atoms with Crippen LogP contribution in [0, 0.1) is 0 Å². The maximum Gasteiger partial charge on any atom is 0.191 e. The van der Waals surface area contributed by atoms with Crippen molar-refractivity contribution in [2.24, 2.45) is 0 Å². The molecule has 2 aromatic heterocycles. The molecule has 0 saturated heterocycles. The average molecular weight is 299 g/mol. The number of aromatic nitrogens is 5. The van der Waals surface area contributed by atoms with Gasteiger partial charge in [0.1, 0.15) is 11.6 Å². The van der Waals surface area contributed by atoms with E-state index in [1.54, 1.807) is 11.8 Å². The quantitative estimate of drug-likeness (QED) is 0.734. The number of benzene rings is 1. The van der Waals surface area contributed by atoms with Crippen molar-refractivity contribution in [2.75, 3.05) is 0 Å². The zero-order chi connectivity index (χ0) is 14.2. The lowest BCUT2D eigenvalue weighted by Crippen LogP contribution is -2.02. The number of rotatable bonds is 5. The van der Waals surface area contributed by atoms with Crippen LogP contribution in [0.5, 0.6) is 0 Å². The molecule has 108 valence electrons. The molecule has 0 amide bonds. The first kappa shape index (κ1) is 12.9. The minimum Gasteiger partial charge on any atom is -0.341 e. The lowest BCUT2D eigenvalue weighted by Gasteiger charge is -2.05. The van der Waals surface area contributed by atoms with Crippen LogP contribution in [0.4, 0.5) is 0 Å². The normalized spacial score (nSPS) is 14.9. The van der Waals surface area contributed by atoms with Gasteiger partial charge in [-0.15, -0.1) is 10.2 Å². The monoisotopic (exact) mass is 299 g/mol.